The number of anilines is 1. The number of hydrogen-bond donors (Lipinski definition) is 1. The van der Waals surface area contributed by atoms with Gasteiger partial charge < -0.3 is 14.8 Å². The van der Waals surface area contributed by atoms with Crippen LogP contribution >= 0.6 is 0 Å². The molecule has 0 heterocycles. The molecule has 4 heteroatoms. The van der Waals surface area contributed by atoms with Crippen LogP contribution in [0.4, 0.5) is 5.69 Å². The number of carbonyl (C=O) groups excluding carboxylic acids is 1. The van der Waals surface area contributed by atoms with Crippen LogP contribution in [0.2, 0.25) is 0 Å². The summed E-state index contributed by atoms with van der Waals surface area (Å²) in [4.78, 5) is 12.4. The molecule has 0 aromatic heterocycles. The molecule has 4 nitrogen and oxygen atoms in total. The largest absolute Gasteiger partial charge is 0.493 e. The Bertz CT molecular complexity index is 640. The van der Waals surface area contributed by atoms with E-state index in [1.807, 2.05) is 50.2 Å². The van der Waals surface area contributed by atoms with Crippen molar-refractivity contribution in [1.82, 2.24) is 0 Å². The Kier molecular flexibility index (Phi) is 5.42. The van der Waals surface area contributed by atoms with Gasteiger partial charge in [0, 0.05) is 5.69 Å². The lowest BCUT2D eigenvalue weighted by molar-refractivity contribution is -0.122. The van der Waals surface area contributed by atoms with E-state index in [2.05, 4.69) is 5.32 Å². The standard InChI is InChI=1S/C18H21NO3/c1-4-15(22-17-11-6-5-10-16(17)21-3)18(20)19-14-9-7-8-13(2)12-14/h5-12,15H,4H2,1-3H3,(H,19,20)/t15-/m0/s1. The monoisotopic (exact) mass is 299 g/mol. The second kappa shape index (κ2) is 7.50. The number of nitrogens with one attached hydrogen (secondary N) is 1. The van der Waals surface area contributed by atoms with E-state index in [4.69, 9.17) is 9.47 Å². The minimum atomic E-state index is -0.572. The summed E-state index contributed by atoms with van der Waals surface area (Å²) in [6.07, 6.45) is -0.00722. The Balaban J connectivity index is 2.09. The van der Waals surface area contributed by atoms with Gasteiger partial charge in [-0.05, 0) is 43.2 Å². The van der Waals surface area contributed by atoms with E-state index in [1.165, 1.54) is 0 Å². The van der Waals surface area contributed by atoms with Crippen LogP contribution in [0.3, 0.4) is 0 Å². The van der Waals surface area contributed by atoms with Crippen molar-refractivity contribution < 1.29 is 14.3 Å². The molecule has 1 N–H and O–H groups in total. The minimum absolute atomic E-state index is 0.168. The van der Waals surface area contributed by atoms with Gasteiger partial charge in [-0.1, -0.05) is 31.2 Å². The maximum atomic E-state index is 12.4. The molecule has 0 aliphatic heterocycles. The lowest BCUT2D eigenvalue weighted by atomic mass is 10.2. The number of rotatable bonds is 6. The fourth-order valence-electron chi connectivity index (χ4n) is 2.14. The Morgan fingerprint density at radius 3 is 2.50 bits per heavy atom. The first-order valence-corrected chi connectivity index (χ1v) is 7.31. The molecule has 0 spiro atoms. The maximum absolute atomic E-state index is 12.4. The third kappa shape index (κ3) is 4.01. The molecule has 0 aliphatic rings. The van der Waals surface area contributed by atoms with E-state index >= 15 is 0 Å². The van der Waals surface area contributed by atoms with Gasteiger partial charge in [-0.3, -0.25) is 4.79 Å². The number of aryl methyl sites for hydroxylation is 1. The molecule has 0 saturated heterocycles. The third-order valence-corrected chi connectivity index (χ3v) is 3.29. The van der Waals surface area contributed by atoms with Crippen LogP contribution in [0.25, 0.3) is 0 Å². The molecule has 0 unspecified atom stereocenters. The van der Waals surface area contributed by atoms with Crippen LogP contribution in [0.5, 0.6) is 11.5 Å². The van der Waals surface area contributed by atoms with E-state index in [0.29, 0.717) is 17.9 Å². The second-order valence-corrected chi connectivity index (χ2v) is 5.02. The summed E-state index contributed by atoms with van der Waals surface area (Å²) in [6, 6.07) is 15.0. The molecular weight excluding hydrogens is 278 g/mol. The highest BCUT2D eigenvalue weighted by Gasteiger charge is 2.20. The van der Waals surface area contributed by atoms with Crippen LogP contribution in [0.1, 0.15) is 18.9 Å². The van der Waals surface area contributed by atoms with Crippen molar-refractivity contribution in [1.29, 1.82) is 0 Å². The van der Waals surface area contributed by atoms with Crippen molar-refractivity contribution in [3.63, 3.8) is 0 Å². The van der Waals surface area contributed by atoms with Gasteiger partial charge in [-0.25, -0.2) is 0 Å². The number of amides is 1. The van der Waals surface area contributed by atoms with Gasteiger partial charge >= 0.3 is 0 Å². The molecule has 0 radical (unpaired) electrons. The van der Waals surface area contributed by atoms with Crippen LogP contribution < -0.4 is 14.8 Å². The van der Waals surface area contributed by atoms with Gasteiger partial charge in [0.05, 0.1) is 7.11 Å². The Labute approximate surface area is 131 Å². The summed E-state index contributed by atoms with van der Waals surface area (Å²) in [5, 5.41) is 2.89. The molecule has 2 rings (SSSR count). The Morgan fingerprint density at radius 1 is 1.14 bits per heavy atom. The Morgan fingerprint density at radius 2 is 1.86 bits per heavy atom. The molecule has 2 aromatic rings. The maximum Gasteiger partial charge on any atom is 0.265 e. The molecule has 22 heavy (non-hydrogen) atoms. The van der Waals surface area contributed by atoms with Gasteiger partial charge in [0.25, 0.3) is 5.91 Å². The minimum Gasteiger partial charge on any atom is -0.493 e. The average molecular weight is 299 g/mol. The molecule has 0 saturated carbocycles. The number of ether oxygens (including phenoxy) is 2. The highest BCUT2D eigenvalue weighted by molar-refractivity contribution is 5.94. The molecule has 116 valence electrons. The van der Waals surface area contributed by atoms with Crippen LogP contribution in [-0.4, -0.2) is 19.1 Å². The Hall–Kier alpha value is -2.49. The van der Waals surface area contributed by atoms with Crippen molar-refractivity contribution in [2.75, 3.05) is 12.4 Å². The number of para-hydroxylation sites is 2. The predicted molar refractivity (Wildman–Crippen MR) is 87.5 cm³/mol. The lowest BCUT2D eigenvalue weighted by Crippen LogP contribution is -2.32. The third-order valence-electron chi connectivity index (χ3n) is 3.29. The lowest BCUT2D eigenvalue weighted by Gasteiger charge is -2.19. The van der Waals surface area contributed by atoms with E-state index in [9.17, 15) is 4.79 Å². The fraction of sp³-hybridized carbons (Fsp3) is 0.278. The smallest absolute Gasteiger partial charge is 0.265 e. The molecule has 0 bridgehead atoms. The first-order valence-electron chi connectivity index (χ1n) is 7.31. The summed E-state index contributed by atoms with van der Waals surface area (Å²) in [5.74, 6) is 1.01. The molecule has 1 atom stereocenters. The van der Waals surface area contributed by atoms with Crippen LogP contribution in [0.15, 0.2) is 48.5 Å². The van der Waals surface area contributed by atoms with E-state index in [0.717, 1.165) is 11.3 Å². The SMILES string of the molecule is CC[C@H](Oc1ccccc1OC)C(=O)Nc1cccc(C)c1. The summed E-state index contributed by atoms with van der Waals surface area (Å²) in [6.45, 7) is 3.90. The average Bonchev–Trinajstić information content (AvgIpc) is 2.52. The zero-order valence-electron chi connectivity index (χ0n) is 13.1. The van der Waals surface area contributed by atoms with Crippen LogP contribution in [-0.2, 0) is 4.79 Å². The zero-order chi connectivity index (χ0) is 15.9. The highest BCUT2D eigenvalue weighted by atomic mass is 16.5. The number of carbonyl (C=O) groups is 1. The summed E-state index contributed by atoms with van der Waals surface area (Å²) in [7, 11) is 1.58. The number of benzene rings is 2. The van der Waals surface area contributed by atoms with E-state index in [-0.39, 0.29) is 5.91 Å². The van der Waals surface area contributed by atoms with Gasteiger partial charge in [0.15, 0.2) is 17.6 Å². The van der Waals surface area contributed by atoms with Gasteiger partial charge in [0.1, 0.15) is 0 Å². The number of hydrogen-bond acceptors (Lipinski definition) is 3. The molecule has 0 aliphatic carbocycles. The van der Waals surface area contributed by atoms with Crippen molar-refractivity contribution in [3.8, 4) is 11.5 Å². The topological polar surface area (TPSA) is 47.6 Å². The summed E-state index contributed by atoms with van der Waals surface area (Å²) < 4.78 is 11.1. The molecular formula is C18H21NO3. The quantitative estimate of drug-likeness (QED) is 0.882. The first kappa shape index (κ1) is 15.9. The summed E-state index contributed by atoms with van der Waals surface area (Å²) in [5.41, 5.74) is 1.86. The van der Waals surface area contributed by atoms with E-state index in [1.54, 1.807) is 19.2 Å². The zero-order valence-corrected chi connectivity index (χ0v) is 13.1. The number of methoxy groups -OCH3 is 1. The van der Waals surface area contributed by atoms with Crippen molar-refractivity contribution in [3.05, 3.63) is 54.1 Å². The normalized spacial score (nSPS) is 11.6. The molecule has 0 fully saturated rings. The van der Waals surface area contributed by atoms with Gasteiger partial charge in [0.2, 0.25) is 0 Å². The molecule has 1 amide bonds. The first-order chi connectivity index (χ1) is 10.6. The van der Waals surface area contributed by atoms with Crippen molar-refractivity contribution in [2.45, 2.75) is 26.4 Å². The van der Waals surface area contributed by atoms with E-state index < -0.39 is 6.10 Å². The predicted octanol–water partition coefficient (Wildman–Crippen LogP) is 3.80. The van der Waals surface area contributed by atoms with Crippen LogP contribution in [0, 0.1) is 6.92 Å². The van der Waals surface area contributed by atoms with Crippen molar-refractivity contribution in [2.24, 2.45) is 0 Å². The fourth-order valence-corrected chi connectivity index (χ4v) is 2.14. The van der Waals surface area contributed by atoms with Gasteiger partial charge in [-0.2, -0.15) is 0 Å². The highest BCUT2D eigenvalue weighted by Crippen LogP contribution is 2.27. The molecule has 2 aromatic carbocycles. The summed E-state index contributed by atoms with van der Waals surface area (Å²) >= 11 is 0. The second-order valence-electron chi connectivity index (χ2n) is 5.02. The van der Waals surface area contributed by atoms with Crippen molar-refractivity contribution >= 4 is 11.6 Å². The van der Waals surface area contributed by atoms with Gasteiger partial charge in [-0.15, -0.1) is 0 Å².